The lowest BCUT2D eigenvalue weighted by molar-refractivity contribution is -0.124. The van der Waals surface area contributed by atoms with Crippen molar-refractivity contribution in [1.29, 1.82) is 0 Å². The van der Waals surface area contributed by atoms with Crippen LogP contribution in [-0.2, 0) is 4.79 Å². The maximum Gasteiger partial charge on any atom is 0.224 e. The maximum atomic E-state index is 11.8. The van der Waals surface area contributed by atoms with Gasteiger partial charge in [-0.1, -0.05) is 33.1 Å². The van der Waals surface area contributed by atoms with Gasteiger partial charge in [-0.3, -0.25) is 4.79 Å². The van der Waals surface area contributed by atoms with Crippen molar-refractivity contribution in [3.05, 3.63) is 0 Å². The van der Waals surface area contributed by atoms with Crippen LogP contribution in [-0.4, -0.2) is 25.5 Å². The van der Waals surface area contributed by atoms with Gasteiger partial charge >= 0.3 is 0 Å². The van der Waals surface area contributed by atoms with Crippen LogP contribution >= 0.6 is 12.4 Å². The molecule has 0 aliphatic carbocycles. The molecule has 0 spiro atoms. The van der Waals surface area contributed by atoms with Crippen LogP contribution in [0.15, 0.2) is 0 Å². The molecule has 1 rings (SSSR count). The van der Waals surface area contributed by atoms with Gasteiger partial charge in [0.1, 0.15) is 0 Å². The molecule has 17 heavy (non-hydrogen) atoms. The van der Waals surface area contributed by atoms with E-state index in [0.29, 0.717) is 5.92 Å². The molecule has 1 heterocycles. The number of halogens is 1. The molecule has 2 N–H and O–H groups in total. The van der Waals surface area contributed by atoms with Gasteiger partial charge < -0.3 is 10.6 Å². The Balaban J connectivity index is 0.00000256. The zero-order chi connectivity index (χ0) is 11.8. The van der Waals surface area contributed by atoms with Crippen molar-refractivity contribution >= 4 is 18.3 Å². The van der Waals surface area contributed by atoms with Crippen LogP contribution in [0, 0.1) is 11.8 Å². The number of hydrogen-bond acceptors (Lipinski definition) is 2. The molecule has 4 heteroatoms. The lowest BCUT2D eigenvalue weighted by Crippen LogP contribution is -2.35. The van der Waals surface area contributed by atoms with Gasteiger partial charge in [-0.2, -0.15) is 0 Å². The predicted molar refractivity (Wildman–Crippen MR) is 74.5 cm³/mol. The SMILES string of the molecule is CCCCC(CC)CNC(=O)C1CCNC1.Cl. The first-order valence-electron chi connectivity index (χ1n) is 6.76. The lowest BCUT2D eigenvalue weighted by Gasteiger charge is -2.17. The molecule has 1 aliphatic heterocycles. The molecule has 0 aromatic rings. The summed E-state index contributed by atoms with van der Waals surface area (Å²) in [7, 11) is 0. The van der Waals surface area contributed by atoms with Crippen LogP contribution in [0.5, 0.6) is 0 Å². The van der Waals surface area contributed by atoms with Gasteiger partial charge in [-0.25, -0.2) is 0 Å². The first-order chi connectivity index (χ1) is 7.77. The summed E-state index contributed by atoms with van der Waals surface area (Å²) in [5.41, 5.74) is 0. The average Bonchev–Trinajstić information content (AvgIpc) is 2.82. The van der Waals surface area contributed by atoms with Crippen molar-refractivity contribution < 1.29 is 4.79 Å². The minimum Gasteiger partial charge on any atom is -0.356 e. The zero-order valence-electron chi connectivity index (χ0n) is 11.1. The molecule has 2 atom stereocenters. The minimum atomic E-state index is 0. The number of amides is 1. The van der Waals surface area contributed by atoms with Gasteiger partial charge in [-0.05, 0) is 25.3 Å². The van der Waals surface area contributed by atoms with Crippen molar-refractivity contribution in [3.63, 3.8) is 0 Å². The van der Waals surface area contributed by atoms with Crippen LogP contribution in [0.4, 0.5) is 0 Å². The summed E-state index contributed by atoms with van der Waals surface area (Å²) in [6.07, 6.45) is 5.94. The summed E-state index contributed by atoms with van der Waals surface area (Å²) in [6.45, 7) is 7.15. The third-order valence-corrected chi connectivity index (χ3v) is 3.54. The van der Waals surface area contributed by atoms with Crippen LogP contribution < -0.4 is 10.6 Å². The van der Waals surface area contributed by atoms with E-state index in [9.17, 15) is 4.79 Å². The molecule has 0 radical (unpaired) electrons. The number of carbonyl (C=O) groups is 1. The van der Waals surface area contributed by atoms with Gasteiger partial charge in [0.15, 0.2) is 0 Å². The summed E-state index contributed by atoms with van der Waals surface area (Å²) >= 11 is 0. The molecule has 102 valence electrons. The number of hydrogen-bond donors (Lipinski definition) is 2. The van der Waals surface area contributed by atoms with Crippen LogP contribution in [0.2, 0.25) is 0 Å². The number of unbranched alkanes of at least 4 members (excludes halogenated alkanes) is 1. The molecule has 0 aromatic heterocycles. The number of rotatable bonds is 7. The summed E-state index contributed by atoms with van der Waals surface area (Å²) in [4.78, 5) is 11.8. The van der Waals surface area contributed by atoms with Crippen LogP contribution in [0.25, 0.3) is 0 Å². The molecule has 1 aliphatic rings. The zero-order valence-corrected chi connectivity index (χ0v) is 11.9. The quantitative estimate of drug-likeness (QED) is 0.740. The van der Waals surface area contributed by atoms with E-state index in [1.165, 1.54) is 25.7 Å². The lowest BCUT2D eigenvalue weighted by atomic mass is 9.99. The van der Waals surface area contributed by atoms with E-state index in [0.717, 1.165) is 26.1 Å². The van der Waals surface area contributed by atoms with E-state index in [1.54, 1.807) is 0 Å². The summed E-state index contributed by atoms with van der Waals surface area (Å²) in [5.74, 6) is 1.13. The van der Waals surface area contributed by atoms with Gasteiger partial charge in [-0.15, -0.1) is 12.4 Å². The second-order valence-electron chi connectivity index (χ2n) is 4.85. The van der Waals surface area contributed by atoms with E-state index in [2.05, 4.69) is 24.5 Å². The maximum absolute atomic E-state index is 11.8. The van der Waals surface area contributed by atoms with Crippen LogP contribution in [0.3, 0.4) is 0 Å². The van der Waals surface area contributed by atoms with E-state index >= 15 is 0 Å². The van der Waals surface area contributed by atoms with E-state index in [-0.39, 0.29) is 24.2 Å². The summed E-state index contributed by atoms with van der Waals surface area (Å²) < 4.78 is 0. The van der Waals surface area contributed by atoms with Crippen molar-refractivity contribution in [2.24, 2.45) is 11.8 Å². The molecule has 0 aromatic carbocycles. The van der Waals surface area contributed by atoms with Gasteiger partial charge in [0.05, 0.1) is 5.92 Å². The molecular weight excluding hydrogens is 236 g/mol. The monoisotopic (exact) mass is 262 g/mol. The van der Waals surface area contributed by atoms with Crippen molar-refractivity contribution in [1.82, 2.24) is 10.6 Å². The Kier molecular flexibility index (Phi) is 9.56. The van der Waals surface area contributed by atoms with Crippen LogP contribution in [0.1, 0.15) is 46.0 Å². The average molecular weight is 263 g/mol. The van der Waals surface area contributed by atoms with Crippen molar-refractivity contribution in [2.75, 3.05) is 19.6 Å². The van der Waals surface area contributed by atoms with E-state index < -0.39 is 0 Å². The highest BCUT2D eigenvalue weighted by Gasteiger charge is 2.22. The largest absolute Gasteiger partial charge is 0.356 e. The highest BCUT2D eigenvalue weighted by atomic mass is 35.5. The summed E-state index contributed by atoms with van der Waals surface area (Å²) in [5, 5.41) is 6.33. The van der Waals surface area contributed by atoms with Gasteiger partial charge in [0.25, 0.3) is 0 Å². The first-order valence-corrected chi connectivity index (χ1v) is 6.76. The molecule has 3 nitrogen and oxygen atoms in total. The minimum absolute atomic E-state index is 0. The van der Waals surface area contributed by atoms with Gasteiger partial charge in [0.2, 0.25) is 5.91 Å². The Labute approximate surface area is 112 Å². The second-order valence-corrected chi connectivity index (χ2v) is 4.85. The van der Waals surface area contributed by atoms with Gasteiger partial charge in [0, 0.05) is 13.1 Å². The summed E-state index contributed by atoms with van der Waals surface area (Å²) in [6, 6.07) is 0. The fraction of sp³-hybridized carbons (Fsp3) is 0.923. The topological polar surface area (TPSA) is 41.1 Å². The molecule has 1 amide bonds. The fourth-order valence-corrected chi connectivity index (χ4v) is 2.21. The smallest absolute Gasteiger partial charge is 0.224 e. The molecule has 0 bridgehead atoms. The third-order valence-electron chi connectivity index (χ3n) is 3.54. The van der Waals surface area contributed by atoms with E-state index in [4.69, 9.17) is 0 Å². The second kappa shape index (κ2) is 9.72. The van der Waals surface area contributed by atoms with Crippen molar-refractivity contribution in [3.8, 4) is 0 Å². The Morgan fingerprint density at radius 3 is 2.76 bits per heavy atom. The Hall–Kier alpha value is -0.280. The predicted octanol–water partition coefficient (Wildman–Crippen LogP) is 2.35. The highest BCUT2D eigenvalue weighted by molar-refractivity contribution is 5.85. The number of carbonyl (C=O) groups excluding carboxylic acids is 1. The Morgan fingerprint density at radius 1 is 1.47 bits per heavy atom. The molecule has 1 saturated heterocycles. The Bertz CT molecular complexity index is 206. The normalized spacial score (nSPS) is 20.7. The molecular formula is C13H27ClN2O. The van der Waals surface area contributed by atoms with Crippen molar-refractivity contribution in [2.45, 2.75) is 46.0 Å². The van der Waals surface area contributed by atoms with E-state index in [1.807, 2.05) is 0 Å². The highest BCUT2D eigenvalue weighted by Crippen LogP contribution is 2.12. The fourth-order valence-electron chi connectivity index (χ4n) is 2.21. The molecule has 0 saturated carbocycles. The standard InChI is InChI=1S/C13H26N2O.ClH/c1-3-5-6-11(4-2)9-15-13(16)12-7-8-14-10-12;/h11-12,14H,3-10H2,1-2H3,(H,15,16);1H. The number of nitrogens with one attached hydrogen (secondary N) is 2. The Morgan fingerprint density at radius 2 is 2.24 bits per heavy atom. The molecule has 2 unspecified atom stereocenters. The first kappa shape index (κ1) is 16.7. The third kappa shape index (κ3) is 6.27. The molecule has 1 fully saturated rings.